The molecule has 4 nitrogen and oxygen atoms in total. The highest BCUT2D eigenvalue weighted by atomic mass is 16.5. The first-order valence-corrected chi connectivity index (χ1v) is 9.14. The number of carbonyl (C=O) groups excluding carboxylic acids is 1. The number of hydrogen-bond donors (Lipinski definition) is 2. The summed E-state index contributed by atoms with van der Waals surface area (Å²) in [6.07, 6.45) is 8.68. The van der Waals surface area contributed by atoms with Gasteiger partial charge in [0.15, 0.2) is 0 Å². The molecule has 0 aromatic heterocycles. The van der Waals surface area contributed by atoms with Crippen molar-refractivity contribution in [2.45, 2.75) is 85.0 Å². The maximum Gasteiger partial charge on any atom is 0.303 e. The van der Waals surface area contributed by atoms with Gasteiger partial charge in [-0.2, -0.15) is 0 Å². The van der Waals surface area contributed by atoms with Crippen molar-refractivity contribution in [2.75, 3.05) is 0 Å². The van der Waals surface area contributed by atoms with Crippen molar-refractivity contribution in [1.82, 2.24) is 0 Å². The van der Waals surface area contributed by atoms with Crippen molar-refractivity contribution in [3.05, 3.63) is 47.6 Å². The van der Waals surface area contributed by atoms with Gasteiger partial charge in [0, 0.05) is 19.8 Å². The SMILES string of the molecule is C=C[C@@](C)(O)C[C@@H](O)/C=C(\C)C[C@@H](/C=C(\C)CCC=C(C)C)OC(C)=O. The first-order valence-electron chi connectivity index (χ1n) is 9.14. The van der Waals surface area contributed by atoms with Crippen LogP contribution in [0.15, 0.2) is 47.6 Å². The summed E-state index contributed by atoms with van der Waals surface area (Å²) in [7, 11) is 0. The van der Waals surface area contributed by atoms with Crippen LogP contribution in [0.2, 0.25) is 0 Å². The fraction of sp³-hybridized carbons (Fsp3) is 0.591. The van der Waals surface area contributed by atoms with Gasteiger partial charge >= 0.3 is 5.97 Å². The molecule has 0 aliphatic carbocycles. The molecule has 0 aromatic carbocycles. The fourth-order valence-electron chi connectivity index (χ4n) is 2.62. The summed E-state index contributed by atoms with van der Waals surface area (Å²) in [5.74, 6) is -0.328. The first-order chi connectivity index (χ1) is 11.9. The molecule has 26 heavy (non-hydrogen) atoms. The molecule has 0 aromatic rings. The number of allylic oxidation sites excluding steroid dienone is 3. The van der Waals surface area contributed by atoms with E-state index in [4.69, 9.17) is 4.74 Å². The van der Waals surface area contributed by atoms with Crippen molar-refractivity contribution in [3.63, 3.8) is 0 Å². The molecule has 0 aliphatic heterocycles. The van der Waals surface area contributed by atoms with E-state index in [0.29, 0.717) is 6.42 Å². The Bertz CT molecular complexity index is 548. The number of carbonyl (C=O) groups is 1. The van der Waals surface area contributed by atoms with Gasteiger partial charge < -0.3 is 14.9 Å². The minimum absolute atomic E-state index is 0.170. The Morgan fingerprint density at radius 2 is 1.77 bits per heavy atom. The lowest BCUT2D eigenvalue weighted by Gasteiger charge is -2.21. The van der Waals surface area contributed by atoms with Crippen LogP contribution >= 0.6 is 0 Å². The Morgan fingerprint density at radius 1 is 1.15 bits per heavy atom. The second-order valence-electron chi connectivity index (χ2n) is 7.53. The molecule has 0 saturated heterocycles. The predicted octanol–water partition coefficient (Wildman–Crippen LogP) is 4.64. The van der Waals surface area contributed by atoms with Crippen molar-refractivity contribution in [1.29, 1.82) is 0 Å². The zero-order valence-electron chi connectivity index (χ0n) is 17.2. The molecule has 0 fully saturated rings. The van der Waals surface area contributed by atoms with Crippen LogP contribution in [-0.2, 0) is 9.53 Å². The van der Waals surface area contributed by atoms with Crippen LogP contribution in [0.1, 0.15) is 67.2 Å². The lowest BCUT2D eigenvalue weighted by Crippen LogP contribution is -2.26. The van der Waals surface area contributed by atoms with Gasteiger partial charge in [-0.3, -0.25) is 4.79 Å². The monoisotopic (exact) mass is 364 g/mol. The van der Waals surface area contributed by atoms with Crippen molar-refractivity contribution in [2.24, 2.45) is 0 Å². The Hall–Kier alpha value is -1.65. The number of aliphatic hydroxyl groups is 2. The molecule has 0 aliphatic rings. The largest absolute Gasteiger partial charge is 0.458 e. The lowest BCUT2D eigenvalue weighted by molar-refractivity contribution is -0.144. The molecule has 0 radical (unpaired) electrons. The zero-order valence-corrected chi connectivity index (χ0v) is 17.2. The van der Waals surface area contributed by atoms with Gasteiger partial charge in [-0.1, -0.05) is 34.9 Å². The van der Waals surface area contributed by atoms with Crippen LogP contribution in [-0.4, -0.2) is 34.0 Å². The van der Waals surface area contributed by atoms with Crippen LogP contribution in [0.3, 0.4) is 0 Å². The van der Waals surface area contributed by atoms with E-state index < -0.39 is 11.7 Å². The summed E-state index contributed by atoms with van der Waals surface area (Å²) in [6, 6.07) is 0. The second kappa shape index (κ2) is 11.9. The average Bonchev–Trinajstić information content (AvgIpc) is 2.44. The third-order valence-corrected chi connectivity index (χ3v) is 3.94. The third-order valence-electron chi connectivity index (χ3n) is 3.94. The zero-order chi connectivity index (χ0) is 20.3. The summed E-state index contributed by atoms with van der Waals surface area (Å²) in [6.45, 7) is 14.6. The first kappa shape index (κ1) is 24.4. The van der Waals surface area contributed by atoms with Gasteiger partial charge in [0.1, 0.15) is 6.10 Å². The maximum atomic E-state index is 11.4. The average molecular weight is 365 g/mol. The number of ether oxygens (including phenoxy) is 1. The van der Waals surface area contributed by atoms with E-state index in [1.54, 1.807) is 13.0 Å². The Kier molecular flexibility index (Phi) is 11.1. The number of esters is 1. The molecule has 0 bridgehead atoms. The summed E-state index contributed by atoms with van der Waals surface area (Å²) >= 11 is 0. The van der Waals surface area contributed by atoms with Crippen LogP contribution in [0, 0.1) is 0 Å². The normalized spacial score (nSPS) is 17.1. The van der Waals surface area contributed by atoms with Crippen LogP contribution in [0.25, 0.3) is 0 Å². The van der Waals surface area contributed by atoms with Gasteiger partial charge in [-0.05, 0) is 53.5 Å². The summed E-state index contributed by atoms with van der Waals surface area (Å²) in [5, 5.41) is 20.1. The Morgan fingerprint density at radius 3 is 2.27 bits per heavy atom. The van der Waals surface area contributed by atoms with E-state index in [2.05, 4.69) is 26.5 Å². The second-order valence-corrected chi connectivity index (χ2v) is 7.53. The quantitative estimate of drug-likeness (QED) is 0.414. The van der Waals surface area contributed by atoms with Crippen molar-refractivity contribution < 1.29 is 19.7 Å². The highest BCUT2D eigenvalue weighted by molar-refractivity contribution is 5.66. The van der Waals surface area contributed by atoms with Crippen LogP contribution < -0.4 is 0 Å². The summed E-state index contributed by atoms with van der Waals surface area (Å²) in [4.78, 5) is 11.4. The van der Waals surface area contributed by atoms with Crippen LogP contribution in [0.4, 0.5) is 0 Å². The van der Waals surface area contributed by atoms with Gasteiger partial charge in [0.25, 0.3) is 0 Å². The summed E-state index contributed by atoms with van der Waals surface area (Å²) < 4.78 is 5.40. The lowest BCUT2D eigenvalue weighted by atomic mass is 9.96. The van der Waals surface area contributed by atoms with E-state index in [1.807, 2.05) is 19.9 Å². The fourth-order valence-corrected chi connectivity index (χ4v) is 2.62. The molecule has 0 saturated carbocycles. The Balaban J connectivity index is 4.97. The van der Waals surface area contributed by atoms with Gasteiger partial charge in [-0.25, -0.2) is 0 Å². The van der Waals surface area contributed by atoms with E-state index >= 15 is 0 Å². The molecule has 148 valence electrons. The van der Waals surface area contributed by atoms with Crippen molar-refractivity contribution >= 4 is 5.97 Å². The van der Waals surface area contributed by atoms with Crippen molar-refractivity contribution in [3.8, 4) is 0 Å². The molecule has 0 heterocycles. The van der Waals surface area contributed by atoms with Gasteiger partial charge in [0.05, 0.1) is 11.7 Å². The molecule has 2 N–H and O–H groups in total. The topological polar surface area (TPSA) is 66.8 Å². The molecule has 3 atom stereocenters. The number of rotatable bonds is 11. The molecule has 0 amide bonds. The molecule has 0 rings (SSSR count). The highest BCUT2D eigenvalue weighted by Gasteiger charge is 2.20. The third kappa shape index (κ3) is 12.7. The Labute approximate surface area is 159 Å². The molecule has 4 heteroatoms. The molecular formula is C22H36O4. The van der Waals surface area contributed by atoms with E-state index in [1.165, 1.54) is 18.6 Å². The number of aliphatic hydroxyl groups excluding tert-OH is 1. The smallest absolute Gasteiger partial charge is 0.303 e. The van der Waals surface area contributed by atoms with E-state index in [0.717, 1.165) is 24.0 Å². The van der Waals surface area contributed by atoms with Crippen LogP contribution in [0.5, 0.6) is 0 Å². The predicted molar refractivity (Wildman–Crippen MR) is 108 cm³/mol. The van der Waals surface area contributed by atoms with Gasteiger partial charge in [-0.15, -0.1) is 6.58 Å². The summed E-state index contributed by atoms with van der Waals surface area (Å²) in [5.41, 5.74) is 2.23. The maximum absolute atomic E-state index is 11.4. The van der Waals surface area contributed by atoms with E-state index in [9.17, 15) is 15.0 Å². The molecular weight excluding hydrogens is 328 g/mol. The standard InChI is InChI=1S/C22H36O4/c1-8-22(7,25)15-20(24)12-18(5)14-21(26-19(6)23)13-17(4)11-9-10-16(2)3/h8,10,12-13,20-21,24-25H,1,9,11,14-15H2,2-7H3/b17-13+,18-12+/t20-,21+,22+/m0/s1. The molecule has 0 unspecified atom stereocenters. The molecule has 0 spiro atoms. The minimum atomic E-state index is -1.12. The number of hydrogen-bond acceptors (Lipinski definition) is 4. The van der Waals surface area contributed by atoms with E-state index in [-0.39, 0.29) is 18.5 Å². The highest BCUT2D eigenvalue weighted by Crippen LogP contribution is 2.18. The minimum Gasteiger partial charge on any atom is -0.458 e. The van der Waals surface area contributed by atoms with Gasteiger partial charge in [0.2, 0.25) is 0 Å².